The van der Waals surface area contributed by atoms with Crippen LogP contribution in [0.25, 0.3) is 11.3 Å². The number of rotatable bonds is 8. The number of halogens is 1. The molecule has 3 aromatic rings. The van der Waals surface area contributed by atoms with Gasteiger partial charge in [0, 0.05) is 34.8 Å². The van der Waals surface area contributed by atoms with Crippen molar-refractivity contribution in [1.29, 1.82) is 0 Å². The number of anilines is 1. The number of amides is 1. The van der Waals surface area contributed by atoms with E-state index in [1.807, 2.05) is 36.4 Å². The first-order chi connectivity index (χ1) is 14.5. The zero-order chi connectivity index (χ0) is 21.5. The van der Waals surface area contributed by atoms with Crippen LogP contribution in [0, 0.1) is 0 Å². The third-order valence-corrected chi connectivity index (χ3v) is 4.98. The average molecular weight is 472 g/mol. The highest BCUT2D eigenvalue weighted by atomic mass is 79.9. The minimum Gasteiger partial charge on any atom is -0.493 e. The largest absolute Gasteiger partial charge is 0.493 e. The lowest BCUT2D eigenvalue weighted by molar-refractivity contribution is -0.116. The molecule has 0 saturated carbocycles. The van der Waals surface area contributed by atoms with Gasteiger partial charge in [0.25, 0.3) is 5.56 Å². The van der Waals surface area contributed by atoms with Crippen LogP contribution >= 0.6 is 15.9 Å². The van der Waals surface area contributed by atoms with E-state index in [1.165, 1.54) is 10.7 Å². The molecule has 0 atom stereocenters. The minimum absolute atomic E-state index is 0.110. The van der Waals surface area contributed by atoms with Crippen LogP contribution in [0.5, 0.6) is 11.5 Å². The Morgan fingerprint density at radius 1 is 1.03 bits per heavy atom. The molecule has 0 spiro atoms. The van der Waals surface area contributed by atoms with Crippen LogP contribution in [0.4, 0.5) is 5.69 Å². The molecule has 0 radical (unpaired) electrons. The number of aryl methyl sites for hydroxylation is 1. The van der Waals surface area contributed by atoms with Gasteiger partial charge in [-0.3, -0.25) is 9.59 Å². The first kappa shape index (κ1) is 21.6. The van der Waals surface area contributed by atoms with Gasteiger partial charge in [-0.25, -0.2) is 4.68 Å². The smallest absolute Gasteiger partial charge is 0.266 e. The van der Waals surface area contributed by atoms with E-state index in [0.717, 1.165) is 15.7 Å². The van der Waals surface area contributed by atoms with Gasteiger partial charge in [-0.15, -0.1) is 0 Å². The number of nitrogens with zero attached hydrogens (tertiary/aromatic N) is 2. The predicted molar refractivity (Wildman–Crippen MR) is 119 cm³/mol. The second-order valence-corrected chi connectivity index (χ2v) is 7.42. The molecule has 0 aliphatic carbocycles. The summed E-state index contributed by atoms with van der Waals surface area (Å²) >= 11 is 3.36. The molecule has 8 heteroatoms. The predicted octanol–water partition coefficient (Wildman–Crippen LogP) is 4.11. The summed E-state index contributed by atoms with van der Waals surface area (Å²) in [7, 11) is 3.14. The summed E-state index contributed by atoms with van der Waals surface area (Å²) in [4.78, 5) is 24.3. The summed E-state index contributed by atoms with van der Waals surface area (Å²) in [5, 5.41) is 7.27. The highest BCUT2D eigenvalue weighted by molar-refractivity contribution is 9.10. The minimum atomic E-state index is -0.215. The third kappa shape index (κ3) is 5.48. The number of aromatic nitrogens is 2. The molecule has 1 heterocycles. The summed E-state index contributed by atoms with van der Waals surface area (Å²) < 4.78 is 12.9. The van der Waals surface area contributed by atoms with Gasteiger partial charge in [0.2, 0.25) is 5.91 Å². The number of benzene rings is 2. The van der Waals surface area contributed by atoms with Gasteiger partial charge in [-0.05, 0) is 55.0 Å². The Morgan fingerprint density at radius 2 is 1.77 bits per heavy atom. The van der Waals surface area contributed by atoms with E-state index in [2.05, 4.69) is 26.3 Å². The lowest BCUT2D eigenvalue weighted by atomic mass is 10.1. The summed E-state index contributed by atoms with van der Waals surface area (Å²) in [5.41, 5.74) is 1.95. The first-order valence-corrected chi connectivity index (χ1v) is 10.2. The maximum absolute atomic E-state index is 12.2. The SMILES string of the molecule is COc1ccc(-c2ccc(=O)n(CCCC(=O)Nc3ccc(Br)cc3)n2)cc1OC. The zero-order valence-electron chi connectivity index (χ0n) is 16.7. The topological polar surface area (TPSA) is 82.5 Å². The molecule has 0 aliphatic heterocycles. The number of hydrogen-bond acceptors (Lipinski definition) is 5. The fourth-order valence-corrected chi connectivity index (χ4v) is 3.17. The Hall–Kier alpha value is -3.13. The fraction of sp³-hybridized carbons (Fsp3) is 0.227. The summed E-state index contributed by atoms with van der Waals surface area (Å²) in [6.07, 6.45) is 0.773. The van der Waals surface area contributed by atoms with Crippen molar-refractivity contribution in [1.82, 2.24) is 9.78 Å². The molecule has 2 aromatic carbocycles. The molecule has 1 aromatic heterocycles. The van der Waals surface area contributed by atoms with Gasteiger partial charge in [0.15, 0.2) is 11.5 Å². The standard InChI is InChI=1S/C22H22BrN3O4/c1-29-19-11-5-15(14-20(19)30-2)18-10-12-22(28)26(25-18)13-3-4-21(27)24-17-8-6-16(23)7-9-17/h5-12,14H,3-4,13H2,1-2H3,(H,24,27). The van der Waals surface area contributed by atoms with Crippen LogP contribution in [0.1, 0.15) is 12.8 Å². The maximum atomic E-state index is 12.2. The number of methoxy groups -OCH3 is 2. The van der Waals surface area contributed by atoms with E-state index >= 15 is 0 Å². The molecule has 30 heavy (non-hydrogen) atoms. The molecule has 3 rings (SSSR count). The molecule has 156 valence electrons. The van der Waals surface area contributed by atoms with E-state index in [1.54, 1.807) is 26.4 Å². The van der Waals surface area contributed by atoms with Crippen LogP contribution in [-0.4, -0.2) is 29.9 Å². The van der Waals surface area contributed by atoms with Crippen molar-refractivity contribution in [2.24, 2.45) is 0 Å². The molecular formula is C22H22BrN3O4. The summed E-state index contributed by atoms with van der Waals surface area (Å²) in [5.74, 6) is 1.09. The van der Waals surface area contributed by atoms with Gasteiger partial charge < -0.3 is 14.8 Å². The van der Waals surface area contributed by atoms with Gasteiger partial charge in [-0.2, -0.15) is 5.10 Å². The van der Waals surface area contributed by atoms with E-state index in [0.29, 0.717) is 30.2 Å². The number of carbonyl (C=O) groups excluding carboxylic acids is 1. The van der Waals surface area contributed by atoms with Crippen molar-refractivity contribution >= 4 is 27.5 Å². The van der Waals surface area contributed by atoms with Crippen molar-refractivity contribution in [3.05, 3.63) is 69.4 Å². The Bertz CT molecular complexity index is 1080. The van der Waals surface area contributed by atoms with Crippen molar-refractivity contribution < 1.29 is 14.3 Å². The summed E-state index contributed by atoms with van der Waals surface area (Å²) in [6.45, 7) is 0.341. The van der Waals surface area contributed by atoms with Crippen LogP contribution in [0.2, 0.25) is 0 Å². The van der Waals surface area contributed by atoms with Crippen molar-refractivity contribution in [2.45, 2.75) is 19.4 Å². The summed E-state index contributed by atoms with van der Waals surface area (Å²) in [6, 6.07) is 15.9. The first-order valence-electron chi connectivity index (χ1n) is 9.36. The van der Waals surface area contributed by atoms with E-state index in [-0.39, 0.29) is 17.9 Å². The van der Waals surface area contributed by atoms with Gasteiger partial charge in [0.05, 0.1) is 19.9 Å². The monoisotopic (exact) mass is 471 g/mol. The van der Waals surface area contributed by atoms with E-state index < -0.39 is 0 Å². The van der Waals surface area contributed by atoms with Crippen molar-refractivity contribution in [3.8, 4) is 22.8 Å². The van der Waals surface area contributed by atoms with Crippen LogP contribution in [0.15, 0.2) is 63.9 Å². The number of nitrogens with one attached hydrogen (secondary N) is 1. The highest BCUT2D eigenvalue weighted by Crippen LogP contribution is 2.31. The Labute approximate surface area is 182 Å². The second kappa shape index (κ2) is 10.1. The Morgan fingerprint density at radius 3 is 2.47 bits per heavy atom. The number of hydrogen-bond donors (Lipinski definition) is 1. The Kier molecular flexibility index (Phi) is 7.24. The normalized spacial score (nSPS) is 10.5. The van der Waals surface area contributed by atoms with Crippen molar-refractivity contribution in [3.63, 3.8) is 0 Å². The van der Waals surface area contributed by atoms with Gasteiger partial charge in [0.1, 0.15) is 0 Å². The van der Waals surface area contributed by atoms with Gasteiger partial charge >= 0.3 is 0 Å². The lowest BCUT2D eigenvalue weighted by Crippen LogP contribution is -2.23. The fourth-order valence-electron chi connectivity index (χ4n) is 2.90. The molecule has 0 fully saturated rings. The van der Waals surface area contributed by atoms with Gasteiger partial charge in [-0.1, -0.05) is 15.9 Å². The molecular weight excluding hydrogens is 450 g/mol. The maximum Gasteiger partial charge on any atom is 0.266 e. The van der Waals surface area contributed by atoms with Crippen LogP contribution in [0.3, 0.4) is 0 Å². The third-order valence-electron chi connectivity index (χ3n) is 4.45. The molecule has 0 aliphatic rings. The van der Waals surface area contributed by atoms with Crippen LogP contribution in [-0.2, 0) is 11.3 Å². The molecule has 7 nitrogen and oxygen atoms in total. The van der Waals surface area contributed by atoms with Crippen LogP contribution < -0.4 is 20.3 Å². The quantitative estimate of drug-likeness (QED) is 0.534. The molecule has 0 bridgehead atoms. The second-order valence-electron chi connectivity index (χ2n) is 6.51. The van der Waals surface area contributed by atoms with Crippen molar-refractivity contribution in [2.75, 3.05) is 19.5 Å². The number of ether oxygens (including phenoxy) is 2. The Balaban J connectivity index is 1.65. The van der Waals surface area contributed by atoms with E-state index in [4.69, 9.17) is 9.47 Å². The number of carbonyl (C=O) groups is 1. The average Bonchev–Trinajstić information content (AvgIpc) is 2.76. The molecule has 1 N–H and O–H groups in total. The zero-order valence-corrected chi connectivity index (χ0v) is 18.3. The highest BCUT2D eigenvalue weighted by Gasteiger charge is 2.09. The molecule has 0 unspecified atom stereocenters. The van der Waals surface area contributed by atoms with E-state index in [9.17, 15) is 9.59 Å². The molecule has 1 amide bonds. The lowest BCUT2D eigenvalue weighted by Gasteiger charge is -2.11. The molecule has 0 saturated heterocycles.